The predicted molar refractivity (Wildman–Crippen MR) is 76.6 cm³/mol. The maximum atomic E-state index is 11.2. The Bertz CT molecular complexity index is 418. The average molecular weight is 264 g/mol. The van der Waals surface area contributed by atoms with E-state index in [4.69, 9.17) is 0 Å². The van der Waals surface area contributed by atoms with Gasteiger partial charge in [-0.1, -0.05) is 39.8 Å². The number of carbonyl (C=O) groups is 1. The van der Waals surface area contributed by atoms with E-state index >= 15 is 0 Å². The number of aromatic hydroxyl groups is 1. The van der Waals surface area contributed by atoms with Gasteiger partial charge >= 0.3 is 5.97 Å². The fraction of sp³-hybridized carbons (Fsp3) is 0.562. The van der Waals surface area contributed by atoms with Crippen LogP contribution in [0.5, 0.6) is 5.75 Å². The van der Waals surface area contributed by atoms with Crippen molar-refractivity contribution in [3.63, 3.8) is 0 Å². The number of esters is 1. The number of benzene rings is 1. The molecule has 0 aromatic heterocycles. The molecule has 3 heteroatoms. The van der Waals surface area contributed by atoms with Gasteiger partial charge in [0, 0.05) is 6.42 Å². The molecule has 0 saturated heterocycles. The number of methoxy groups -OCH3 is 1. The zero-order chi connectivity index (χ0) is 14.6. The van der Waals surface area contributed by atoms with Crippen molar-refractivity contribution in [1.29, 1.82) is 0 Å². The van der Waals surface area contributed by atoms with Gasteiger partial charge in [0.1, 0.15) is 5.75 Å². The summed E-state index contributed by atoms with van der Waals surface area (Å²) in [4.78, 5) is 11.2. The first-order valence-corrected chi connectivity index (χ1v) is 6.79. The van der Waals surface area contributed by atoms with Crippen molar-refractivity contribution in [1.82, 2.24) is 0 Å². The number of ether oxygens (including phenoxy) is 1. The first-order chi connectivity index (χ1) is 8.86. The topological polar surface area (TPSA) is 46.5 Å². The normalized spacial score (nSPS) is 11.1. The molecule has 0 unspecified atom stereocenters. The van der Waals surface area contributed by atoms with Gasteiger partial charge in [-0.25, -0.2) is 0 Å². The van der Waals surface area contributed by atoms with Crippen molar-refractivity contribution in [3.05, 3.63) is 28.8 Å². The van der Waals surface area contributed by atoms with Crippen molar-refractivity contribution >= 4 is 5.97 Å². The highest BCUT2D eigenvalue weighted by Gasteiger charge is 2.15. The van der Waals surface area contributed by atoms with Gasteiger partial charge in [-0.2, -0.15) is 0 Å². The first kappa shape index (κ1) is 15.5. The molecule has 1 rings (SSSR count). The number of rotatable bonds is 5. The minimum absolute atomic E-state index is 0.203. The molecule has 106 valence electrons. The highest BCUT2D eigenvalue weighted by molar-refractivity contribution is 5.69. The van der Waals surface area contributed by atoms with E-state index in [1.807, 2.05) is 12.1 Å². The van der Waals surface area contributed by atoms with Gasteiger partial charge in [0.2, 0.25) is 0 Å². The molecular weight excluding hydrogens is 240 g/mol. The van der Waals surface area contributed by atoms with Crippen LogP contribution in [0.2, 0.25) is 0 Å². The molecule has 3 nitrogen and oxygen atoms in total. The third-order valence-electron chi connectivity index (χ3n) is 3.32. The summed E-state index contributed by atoms with van der Waals surface area (Å²) in [6.07, 6.45) is 1.02. The monoisotopic (exact) mass is 264 g/mol. The van der Waals surface area contributed by atoms with E-state index in [2.05, 4.69) is 32.4 Å². The summed E-state index contributed by atoms with van der Waals surface area (Å²) in [5.74, 6) is 0.711. The van der Waals surface area contributed by atoms with Crippen LogP contribution in [-0.4, -0.2) is 18.2 Å². The van der Waals surface area contributed by atoms with Gasteiger partial charge in [-0.05, 0) is 34.9 Å². The average Bonchev–Trinajstić information content (AvgIpc) is 2.36. The molecule has 0 aliphatic rings. The molecular formula is C16H24O3. The molecule has 0 aliphatic heterocycles. The van der Waals surface area contributed by atoms with Gasteiger partial charge in [-0.15, -0.1) is 0 Å². The molecule has 0 heterocycles. The number of phenolic OH excluding ortho intramolecular Hbond substituents is 1. The summed E-state index contributed by atoms with van der Waals surface area (Å²) >= 11 is 0. The zero-order valence-corrected chi connectivity index (χ0v) is 12.5. The van der Waals surface area contributed by atoms with Gasteiger partial charge in [-0.3, -0.25) is 4.79 Å². The molecule has 0 radical (unpaired) electrons. The van der Waals surface area contributed by atoms with E-state index in [1.165, 1.54) is 7.11 Å². The Morgan fingerprint density at radius 2 is 1.63 bits per heavy atom. The highest BCUT2D eigenvalue weighted by Crippen LogP contribution is 2.35. The van der Waals surface area contributed by atoms with Crippen LogP contribution in [0.4, 0.5) is 0 Å². The standard InChI is InChI=1S/C16H24O3/c1-10(2)13-8-12(6-7-15(17)19-5)9-14(11(3)4)16(13)18/h8-11,18H,6-7H2,1-5H3. The predicted octanol–water partition coefficient (Wildman–Crippen LogP) is 3.74. The van der Waals surface area contributed by atoms with Gasteiger partial charge in [0.25, 0.3) is 0 Å². The molecule has 19 heavy (non-hydrogen) atoms. The number of carbonyl (C=O) groups excluding carboxylic acids is 1. The minimum Gasteiger partial charge on any atom is -0.507 e. The summed E-state index contributed by atoms with van der Waals surface area (Å²) in [5.41, 5.74) is 2.98. The minimum atomic E-state index is -0.203. The van der Waals surface area contributed by atoms with Crippen molar-refractivity contribution < 1.29 is 14.6 Å². The fourth-order valence-electron chi connectivity index (χ4n) is 2.12. The maximum absolute atomic E-state index is 11.2. The molecule has 1 aromatic rings. The van der Waals surface area contributed by atoms with Crippen molar-refractivity contribution in [3.8, 4) is 5.75 Å². The molecule has 1 N–H and O–H groups in total. The number of hydrogen-bond donors (Lipinski definition) is 1. The second kappa shape index (κ2) is 6.60. The Balaban J connectivity index is 3.08. The van der Waals surface area contributed by atoms with E-state index < -0.39 is 0 Å². The maximum Gasteiger partial charge on any atom is 0.305 e. The molecule has 0 atom stereocenters. The summed E-state index contributed by atoms with van der Waals surface area (Å²) in [6, 6.07) is 3.99. The van der Waals surface area contributed by atoms with E-state index in [0.29, 0.717) is 18.6 Å². The smallest absolute Gasteiger partial charge is 0.305 e. The summed E-state index contributed by atoms with van der Waals surface area (Å²) in [6.45, 7) is 8.24. The molecule has 0 fully saturated rings. The second-order valence-corrected chi connectivity index (χ2v) is 5.51. The van der Waals surface area contributed by atoms with Gasteiger partial charge < -0.3 is 9.84 Å². The first-order valence-electron chi connectivity index (χ1n) is 6.79. The Morgan fingerprint density at radius 1 is 1.16 bits per heavy atom. The van der Waals surface area contributed by atoms with Gasteiger partial charge in [0.05, 0.1) is 7.11 Å². The zero-order valence-electron chi connectivity index (χ0n) is 12.5. The third-order valence-corrected chi connectivity index (χ3v) is 3.32. The van der Waals surface area contributed by atoms with Crippen LogP contribution in [0.1, 0.15) is 62.6 Å². The number of hydrogen-bond acceptors (Lipinski definition) is 3. The number of phenols is 1. The van der Waals surface area contributed by atoms with Crippen LogP contribution in [-0.2, 0) is 16.0 Å². The molecule has 0 aliphatic carbocycles. The Kier molecular flexibility index (Phi) is 5.40. The molecule has 1 aromatic carbocycles. The largest absolute Gasteiger partial charge is 0.507 e. The van der Waals surface area contributed by atoms with Gasteiger partial charge in [0.15, 0.2) is 0 Å². The highest BCUT2D eigenvalue weighted by atomic mass is 16.5. The summed E-state index contributed by atoms with van der Waals surface area (Å²) < 4.78 is 4.66. The van der Waals surface area contributed by atoms with Crippen LogP contribution in [0.3, 0.4) is 0 Å². The summed E-state index contributed by atoms with van der Waals surface area (Å²) in [7, 11) is 1.40. The lowest BCUT2D eigenvalue weighted by Crippen LogP contribution is -2.04. The molecule has 0 spiro atoms. The van der Waals surface area contributed by atoms with Crippen molar-refractivity contribution in [2.45, 2.75) is 52.4 Å². The lowest BCUT2D eigenvalue weighted by Gasteiger charge is -2.17. The summed E-state index contributed by atoms with van der Waals surface area (Å²) in [5, 5.41) is 10.3. The van der Waals surface area contributed by atoms with Crippen LogP contribution in [0.15, 0.2) is 12.1 Å². The second-order valence-electron chi connectivity index (χ2n) is 5.51. The third kappa shape index (κ3) is 3.98. The Labute approximate surface area is 115 Å². The quantitative estimate of drug-likeness (QED) is 0.824. The van der Waals surface area contributed by atoms with Crippen LogP contribution < -0.4 is 0 Å². The van der Waals surface area contributed by atoms with E-state index in [9.17, 15) is 9.90 Å². The molecule has 0 amide bonds. The van der Waals surface area contributed by atoms with E-state index in [1.54, 1.807) is 0 Å². The Morgan fingerprint density at radius 3 is 2.00 bits per heavy atom. The molecule has 0 bridgehead atoms. The van der Waals surface area contributed by atoms with E-state index in [0.717, 1.165) is 16.7 Å². The molecule has 0 saturated carbocycles. The lowest BCUT2D eigenvalue weighted by atomic mass is 9.90. The Hall–Kier alpha value is -1.51. The van der Waals surface area contributed by atoms with E-state index in [-0.39, 0.29) is 17.8 Å². The van der Waals surface area contributed by atoms with Crippen LogP contribution in [0, 0.1) is 0 Å². The lowest BCUT2D eigenvalue weighted by molar-refractivity contribution is -0.140. The SMILES string of the molecule is COC(=O)CCc1cc(C(C)C)c(O)c(C(C)C)c1. The van der Waals surface area contributed by atoms with Crippen LogP contribution in [0.25, 0.3) is 0 Å². The van der Waals surface area contributed by atoms with Crippen molar-refractivity contribution in [2.75, 3.05) is 7.11 Å². The van der Waals surface area contributed by atoms with Crippen LogP contribution >= 0.6 is 0 Å². The van der Waals surface area contributed by atoms with Crippen molar-refractivity contribution in [2.24, 2.45) is 0 Å². The fourth-order valence-corrected chi connectivity index (χ4v) is 2.12. The number of aryl methyl sites for hydroxylation is 1.